The van der Waals surface area contributed by atoms with Crippen molar-refractivity contribution in [1.29, 1.82) is 0 Å². The summed E-state index contributed by atoms with van der Waals surface area (Å²) in [4.78, 5) is 25.9. The molecule has 7 heteroatoms. The maximum Gasteiger partial charge on any atom is 0.252 e. The van der Waals surface area contributed by atoms with Crippen LogP contribution < -0.4 is 5.32 Å². The summed E-state index contributed by atoms with van der Waals surface area (Å²) in [5.74, 6) is -0.552. The van der Waals surface area contributed by atoms with Gasteiger partial charge in [-0.3, -0.25) is 9.59 Å². The van der Waals surface area contributed by atoms with E-state index in [2.05, 4.69) is 5.32 Å². The molecule has 1 fully saturated rings. The number of amides is 1. The number of carbonyl (C=O) groups is 2. The first kappa shape index (κ1) is 16.9. The molecule has 2 aliphatic rings. The Hall–Kier alpha value is -2.51. The van der Waals surface area contributed by atoms with Crippen molar-refractivity contribution in [2.45, 2.75) is 17.9 Å². The highest BCUT2D eigenvalue weighted by Crippen LogP contribution is 2.39. The molecule has 134 valence electrons. The van der Waals surface area contributed by atoms with Gasteiger partial charge in [0.05, 0.1) is 21.9 Å². The maximum absolute atomic E-state index is 13.2. The van der Waals surface area contributed by atoms with Crippen LogP contribution in [-0.2, 0) is 10.0 Å². The Balaban J connectivity index is 1.75. The van der Waals surface area contributed by atoms with Crippen LogP contribution in [0.1, 0.15) is 27.6 Å². The van der Waals surface area contributed by atoms with Gasteiger partial charge in [-0.25, -0.2) is 8.42 Å². The molecule has 0 spiro atoms. The van der Waals surface area contributed by atoms with Gasteiger partial charge in [0, 0.05) is 18.7 Å². The monoisotopic (exact) mass is 370 g/mol. The molecule has 2 aliphatic heterocycles. The predicted molar refractivity (Wildman–Crippen MR) is 95.3 cm³/mol. The molecular weight excluding hydrogens is 352 g/mol. The van der Waals surface area contributed by atoms with E-state index in [1.54, 1.807) is 49.4 Å². The third-order valence-electron chi connectivity index (χ3n) is 5.28. The normalized spacial score (nSPS) is 26.0. The fraction of sp³-hybridized carbons (Fsp3) is 0.263. The van der Waals surface area contributed by atoms with Crippen molar-refractivity contribution in [2.24, 2.45) is 5.41 Å². The topological polar surface area (TPSA) is 83.6 Å². The van der Waals surface area contributed by atoms with Gasteiger partial charge in [0.1, 0.15) is 0 Å². The van der Waals surface area contributed by atoms with Crippen LogP contribution in [0, 0.1) is 5.41 Å². The third kappa shape index (κ3) is 2.39. The first-order valence-electron chi connectivity index (χ1n) is 8.34. The van der Waals surface area contributed by atoms with E-state index >= 15 is 0 Å². The average Bonchev–Trinajstić information content (AvgIpc) is 2.97. The van der Waals surface area contributed by atoms with E-state index in [0.29, 0.717) is 11.1 Å². The molecule has 6 nitrogen and oxygen atoms in total. The van der Waals surface area contributed by atoms with Crippen molar-refractivity contribution in [1.82, 2.24) is 9.62 Å². The lowest BCUT2D eigenvalue weighted by molar-refractivity contribution is 0.0796. The van der Waals surface area contributed by atoms with E-state index < -0.39 is 21.5 Å². The van der Waals surface area contributed by atoms with Crippen LogP contribution in [0.4, 0.5) is 0 Å². The highest BCUT2D eigenvalue weighted by Gasteiger charge is 2.54. The largest absolute Gasteiger partial charge is 0.347 e. The van der Waals surface area contributed by atoms with Gasteiger partial charge in [-0.05, 0) is 25.1 Å². The lowest BCUT2D eigenvalue weighted by atomic mass is 9.78. The molecule has 0 unspecified atom stereocenters. The second-order valence-corrected chi connectivity index (χ2v) is 8.87. The Kier molecular flexibility index (Phi) is 3.75. The van der Waals surface area contributed by atoms with E-state index in [4.69, 9.17) is 0 Å². The number of benzene rings is 2. The Bertz CT molecular complexity index is 1000. The van der Waals surface area contributed by atoms with Gasteiger partial charge >= 0.3 is 0 Å². The molecule has 0 saturated carbocycles. The number of ketones is 1. The quantitative estimate of drug-likeness (QED) is 0.872. The number of carbonyl (C=O) groups excluding carboxylic acids is 2. The smallest absolute Gasteiger partial charge is 0.252 e. The molecule has 0 aliphatic carbocycles. The van der Waals surface area contributed by atoms with Crippen LogP contribution in [0.5, 0.6) is 0 Å². The first-order valence-corrected chi connectivity index (χ1v) is 9.78. The maximum atomic E-state index is 13.2. The molecule has 0 aromatic heterocycles. The Morgan fingerprint density at radius 3 is 2.31 bits per heavy atom. The number of nitrogens with zero attached hydrogens (tertiary/aromatic N) is 1. The zero-order chi connectivity index (χ0) is 18.5. The molecule has 2 heterocycles. The highest BCUT2D eigenvalue weighted by atomic mass is 32.2. The molecule has 2 aromatic carbocycles. The molecular formula is C19H18N2O4S. The second-order valence-electron chi connectivity index (χ2n) is 6.93. The fourth-order valence-electron chi connectivity index (χ4n) is 3.73. The van der Waals surface area contributed by atoms with E-state index in [1.807, 2.05) is 0 Å². The van der Waals surface area contributed by atoms with Crippen molar-refractivity contribution in [3.05, 3.63) is 65.7 Å². The van der Waals surface area contributed by atoms with Crippen molar-refractivity contribution in [2.75, 3.05) is 13.1 Å². The minimum atomic E-state index is -3.74. The highest BCUT2D eigenvalue weighted by molar-refractivity contribution is 7.89. The summed E-state index contributed by atoms with van der Waals surface area (Å²) in [6.45, 7) is 1.82. The van der Waals surface area contributed by atoms with Crippen molar-refractivity contribution >= 4 is 21.7 Å². The van der Waals surface area contributed by atoms with Crippen LogP contribution in [-0.4, -0.2) is 43.5 Å². The fourth-order valence-corrected chi connectivity index (χ4v) is 5.31. The van der Waals surface area contributed by atoms with Crippen LogP contribution in [0.2, 0.25) is 0 Å². The lowest BCUT2D eigenvalue weighted by Gasteiger charge is -2.26. The van der Waals surface area contributed by atoms with Gasteiger partial charge in [0.25, 0.3) is 5.91 Å². The Labute approximate surface area is 151 Å². The van der Waals surface area contributed by atoms with Gasteiger partial charge in [0.15, 0.2) is 5.78 Å². The van der Waals surface area contributed by atoms with Crippen molar-refractivity contribution < 1.29 is 18.0 Å². The molecule has 1 N–H and O–H groups in total. The minimum Gasteiger partial charge on any atom is -0.347 e. The van der Waals surface area contributed by atoms with Gasteiger partial charge < -0.3 is 5.32 Å². The average molecular weight is 370 g/mol. The van der Waals surface area contributed by atoms with Gasteiger partial charge in [-0.1, -0.05) is 36.4 Å². The number of nitrogens with one attached hydrogen (secondary N) is 1. The van der Waals surface area contributed by atoms with E-state index in [9.17, 15) is 18.0 Å². The summed E-state index contributed by atoms with van der Waals surface area (Å²) in [6, 6.07) is 14.2. The Morgan fingerprint density at radius 1 is 1.00 bits per heavy atom. The van der Waals surface area contributed by atoms with Crippen LogP contribution >= 0.6 is 0 Å². The van der Waals surface area contributed by atoms with Crippen LogP contribution in [0.25, 0.3) is 0 Å². The number of fused-ring (bicyclic) bond motifs is 2. The molecule has 4 rings (SSSR count). The SMILES string of the molecule is C[C@]12CN(S(=O)(=O)c3ccccc3)C[C@H]1NC(=O)c1ccccc1C2=O. The van der Waals surface area contributed by atoms with Gasteiger partial charge in [-0.2, -0.15) is 4.31 Å². The van der Waals surface area contributed by atoms with Crippen LogP contribution in [0.15, 0.2) is 59.5 Å². The summed E-state index contributed by atoms with van der Waals surface area (Å²) >= 11 is 0. The first-order chi connectivity index (χ1) is 12.3. The van der Waals surface area contributed by atoms with Gasteiger partial charge in [-0.15, -0.1) is 0 Å². The number of rotatable bonds is 2. The molecule has 0 radical (unpaired) electrons. The standard InChI is InChI=1S/C19H18N2O4S/c1-19-12-21(26(24,25)13-7-3-2-4-8-13)11-16(19)20-18(23)15-10-6-5-9-14(15)17(19)22/h2-10,16H,11-12H2,1H3,(H,20,23)/t16-,19+/m1/s1. The van der Waals surface area contributed by atoms with Gasteiger partial charge in [0.2, 0.25) is 10.0 Å². The summed E-state index contributed by atoms with van der Waals surface area (Å²) in [5.41, 5.74) is -0.330. The zero-order valence-electron chi connectivity index (χ0n) is 14.2. The second kappa shape index (κ2) is 5.75. The molecule has 1 amide bonds. The van der Waals surface area contributed by atoms with E-state index in [-0.39, 0.29) is 29.7 Å². The predicted octanol–water partition coefficient (Wildman–Crippen LogP) is 1.69. The zero-order valence-corrected chi connectivity index (χ0v) is 15.0. The van der Waals surface area contributed by atoms with Crippen molar-refractivity contribution in [3.8, 4) is 0 Å². The molecule has 0 bridgehead atoms. The molecule has 1 saturated heterocycles. The molecule has 26 heavy (non-hydrogen) atoms. The number of hydrogen-bond donors (Lipinski definition) is 1. The summed E-state index contributed by atoms with van der Waals surface area (Å²) in [7, 11) is -3.74. The summed E-state index contributed by atoms with van der Waals surface area (Å²) in [5, 5.41) is 2.86. The number of sulfonamides is 1. The number of Topliss-reactive ketones (excluding diaryl/α,β-unsaturated/α-hetero) is 1. The summed E-state index contributed by atoms with van der Waals surface area (Å²) in [6.07, 6.45) is 0. The summed E-state index contributed by atoms with van der Waals surface area (Å²) < 4.78 is 27.2. The number of hydrogen-bond acceptors (Lipinski definition) is 4. The molecule has 2 aromatic rings. The Morgan fingerprint density at radius 2 is 1.62 bits per heavy atom. The van der Waals surface area contributed by atoms with E-state index in [1.165, 1.54) is 16.4 Å². The lowest BCUT2D eigenvalue weighted by Crippen LogP contribution is -2.47. The van der Waals surface area contributed by atoms with E-state index in [0.717, 1.165) is 0 Å². The third-order valence-corrected chi connectivity index (χ3v) is 7.11. The van der Waals surface area contributed by atoms with Crippen molar-refractivity contribution in [3.63, 3.8) is 0 Å². The minimum absolute atomic E-state index is 0.0301. The van der Waals surface area contributed by atoms with Crippen LogP contribution in [0.3, 0.4) is 0 Å². The molecule has 2 atom stereocenters.